The van der Waals surface area contributed by atoms with E-state index in [9.17, 15) is 4.39 Å². The van der Waals surface area contributed by atoms with Gasteiger partial charge in [0.05, 0.1) is 9.99 Å². The van der Waals surface area contributed by atoms with E-state index in [1.165, 1.54) is 31.7 Å². The number of nitrogen functional groups attached to an aromatic ring is 1. The molecule has 4 heteroatoms. The van der Waals surface area contributed by atoms with Crippen LogP contribution in [0.1, 0.15) is 42.9 Å². The third-order valence-electron chi connectivity index (χ3n) is 3.99. The summed E-state index contributed by atoms with van der Waals surface area (Å²) < 4.78 is 14.2. The van der Waals surface area contributed by atoms with Gasteiger partial charge in [0.25, 0.3) is 0 Å². The van der Waals surface area contributed by atoms with Crippen molar-refractivity contribution in [2.45, 2.75) is 38.5 Å². The molecule has 1 aromatic heterocycles. The van der Waals surface area contributed by atoms with Crippen LogP contribution in [0.3, 0.4) is 0 Å². The van der Waals surface area contributed by atoms with E-state index in [2.05, 4.69) is 15.9 Å². The number of hydrogen-bond acceptors (Lipinski definition) is 2. The van der Waals surface area contributed by atoms with Gasteiger partial charge in [-0.15, -0.1) is 0 Å². The number of fused-ring (bicyclic) bond motifs is 1. The van der Waals surface area contributed by atoms with E-state index in [0.717, 1.165) is 16.8 Å². The fourth-order valence-corrected chi connectivity index (χ4v) is 3.50. The highest BCUT2D eigenvalue weighted by Crippen LogP contribution is 2.38. The van der Waals surface area contributed by atoms with Gasteiger partial charge < -0.3 is 5.73 Å². The fourth-order valence-electron chi connectivity index (χ4n) is 2.97. The molecule has 0 atom stereocenters. The first-order valence-electron chi connectivity index (χ1n) is 6.62. The molecule has 0 amide bonds. The van der Waals surface area contributed by atoms with Gasteiger partial charge in [0.15, 0.2) is 0 Å². The lowest BCUT2D eigenvalue weighted by Crippen LogP contribution is -2.02. The summed E-state index contributed by atoms with van der Waals surface area (Å²) in [6, 6.07) is 3.43. The van der Waals surface area contributed by atoms with Crippen molar-refractivity contribution < 1.29 is 4.39 Å². The summed E-state index contributed by atoms with van der Waals surface area (Å²) in [7, 11) is 0. The van der Waals surface area contributed by atoms with Crippen molar-refractivity contribution in [3.8, 4) is 0 Å². The Balaban J connectivity index is 2.25. The fraction of sp³-hybridized carbons (Fsp3) is 0.400. The zero-order valence-corrected chi connectivity index (χ0v) is 12.4. The number of hydrogen-bond donors (Lipinski definition) is 1. The minimum absolute atomic E-state index is 0.285. The van der Waals surface area contributed by atoms with Crippen molar-refractivity contribution in [2.24, 2.45) is 0 Å². The molecule has 1 heterocycles. The molecule has 2 nitrogen and oxygen atoms in total. The Bertz CT molecular complexity index is 648. The van der Waals surface area contributed by atoms with E-state index < -0.39 is 0 Å². The molecule has 1 aliphatic carbocycles. The van der Waals surface area contributed by atoms with Crippen LogP contribution in [0.2, 0.25) is 0 Å². The third-order valence-corrected chi connectivity index (χ3v) is 4.76. The first kappa shape index (κ1) is 12.9. The molecule has 2 aromatic rings. The second-order valence-electron chi connectivity index (χ2n) is 5.33. The van der Waals surface area contributed by atoms with E-state index >= 15 is 0 Å². The highest BCUT2D eigenvalue weighted by Gasteiger charge is 2.21. The lowest BCUT2D eigenvalue weighted by Gasteiger charge is -2.14. The first-order chi connectivity index (χ1) is 9.08. The molecular weight excluding hydrogens is 307 g/mol. The van der Waals surface area contributed by atoms with Crippen LogP contribution in [0, 0.1) is 12.7 Å². The second-order valence-corrected chi connectivity index (χ2v) is 6.12. The average Bonchev–Trinajstić information content (AvgIpc) is 2.89. The molecule has 0 saturated heterocycles. The molecule has 2 N–H and O–H groups in total. The molecule has 0 spiro atoms. The van der Waals surface area contributed by atoms with Crippen molar-refractivity contribution in [1.29, 1.82) is 0 Å². The smallest absolute Gasteiger partial charge is 0.138 e. The molecule has 100 valence electrons. The Morgan fingerprint density at radius 3 is 2.68 bits per heavy atom. The Morgan fingerprint density at radius 1 is 1.32 bits per heavy atom. The minimum Gasteiger partial charge on any atom is -0.398 e. The number of rotatable bonds is 1. The summed E-state index contributed by atoms with van der Waals surface area (Å²) in [6.45, 7) is 1.88. The summed E-state index contributed by atoms with van der Waals surface area (Å²) in [6.07, 6.45) is 4.88. The Labute approximate surface area is 120 Å². The van der Waals surface area contributed by atoms with Crippen LogP contribution in [0.15, 0.2) is 16.6 Å². The second kappa shape index (κ2) is 4.75. The molecule has 1 aliphatic rings. The predicted octanol–water partition coefficient (Wildman–Crippen LogP) is 4.68. The van der Waals surface area contributed by atoms with E-state index in [0.29, 0.717) is 21.5 Å². The third kappa shape index (κ3) is 2.12. The van der Waals surface area contributed by atoms with Gasteiger partial charge in [-0.05, 0) is 53.4 Å². The molecule has 0 unspecified atom stereocenters. The normalized spacial score (nSPS) is 16.4. The van der Waals surface area contributed by atoms with Gasteiger partial charge in [-0.1, -0.05) is 12.8 Å². The molecule has 1 saturated carbocycles. The number of halogens is 2. The predicted molar refractivity (Wildman–Crippen MR) is 79.8 cm³/mol. The van der Waals surface area contributed by atoms with Crippen molar-refractivity contribution >= 4 is 32.5 Å². The van der Waals surface area contributed by atoms with Crippen LogP contribution in [0.25, 0.3) is 10.9 Å². The number of benzene rings is 1. The lowest BCUT2D eigenvalue weighted by atomic mass is 10.0. The zero-order chi connectivity index (χ0) is 13.6. The van der Waals surface area contributed by atoms with Crippen LogP contribution in [-0.4, -0.2) is 4.98 Å². The van der Waals surface area contributed by atoms with Crippen LogP contribution in [0.4, 0.5) is 10.1 Å². The van der Waals surface area contributed by atoms with Crippen molar-refractivity contribution in [3.63, 3.8) is 0 Å². The van der Waals surface area contributed by atoms with E-state index in [1.54, 1.807) is 0 Å². The molecule has 1 fully saturated rings. The molecule has 1 aromatic carbocycles. The average molecular weight is 323 g/mol. The van der Waals surface area contributed by atoms with Gasteiger partial charge in [0, 0.05) is 22.7 Å². The highest BCUT2D eigenvalue weighted by molar-refractivity contribution is 9.10. The number of pyridine rings is 1. The van der Waals surface area contributed by atoms with Gasteiger partial charge in [-0.25, -0.2) is 4.39 Å². The van der Waals surface area contributed by atoms with E-state index in [1.807, 2.05) is 13.0 Å². The van der Waals surface area contributed by atoms with Crippen LogP contribution in [-0.2, 0) is 0 Å². The summed E-state index contributed by atoms with van der Waals surface area (Å²) in [4.78, 5) is 4.74. The van der Waals surface area contributed by atoms with Crippen LogP contribution < -0.4 is 5.73 Å². The summed E-state index contributed by atoms with van der Waals surface area (Å²) >= 11 is 3.28. The maximum atomic E-state index is 13.8. The number of aryl methyl sites for hydroxylation is 1. The Kier molecular flexibility index (Phi) is 3.21. The molecule has 0 radical (unpaired) electrons. The molecule has 0 aliphatic heterocycles. The molecular formula is C15H16BrFN2. The number of nitrogens with zero attached hydrogens (tertiary/aromatic N) is 1. The monoisotopic (exact) mass is 322 g/mol. The van der Waals surface area contributed by atoms with Gasteiger partial charge in [-0.2, -0.15) is 0 Å². The van der Waals surface area contributed by atoms with Gasteiger partial charge in [-0.3, -0.25) is 4.98 Å². The Morgan fingerprint density at radius 2 is 2.00 bits per heavy atom. The van der Waals surface area contributed by atoms with E-state index in [-0.39, 0.29) is 5.82 Å². The number of aromatic nitrogens is 1. The van der Waals surface area contributed by atoms with E-state index in [4.69, 9.17) is 10.7 Å². The first-order valence-corrected chi connectivity index (χ1v) is 7.42. The standard InChI is InChI=1S/C15H16BrFN2/c1-8-6-10(17)14(16)13-11(18)7-12(19-15(8)13)9-4-2-3-5-9/h6-7,9H,2-5H2,1H3,(H2,18,19). The molecule has 19 heavy (non-hydrogen) atoms. The minimum atomic E-state index is -0.285. The van der Waals surface area contributed by atoms with Crippen LogP contribution >= 0.6 is 15.9 Å². The topological polar surface area (TPSA) is 38.9 Å². The lowest BCUT2D eigenvalue weighted by molar-refractivity contribution is 0.622. The van der Waals surface area contributed by atoms with Crippen LogP contribution in [0.5, 0.6) is 0 Å². The maximum Gasteiger partial charge on any atom is 0.138 e. The molecule has 0 bridgehead atoms. The SMILES string of the molecule is Cc1cc(F)c(Br)c2c(N)cc(C3CCCC3)nc12. The summed E-state index contributed by atoms with van der Waals surface area (Å²) in [5.41, 5.74) is 9.45. The van der Waals surface area contributed by atoms with Crippen molar-refractivity contribution in [3.05, 3.63) is 33.7 Å². The maximum absolute atomic E-state index is 13.8. The zero-order valence-electron chi connectivity index (χ0n) is 10.8. The van der Waals surface area contributed by atoms with Gasteiger partial charge in [0.1, 0.15) is 5.82 Å². The van der Waals surface area contributed by atoms with Gasteiger partial charge >= 0.3 is 0 Å². The summed E-state index contributed by atoms with van der Waals surface area (Å²) in [5.74, 6) is 0.224. The molecule has 3 rings (SSSR count). The van der Waals surface area contributed by atoms with Crippen molar-refractivity contribution in [1.82, 2.24) is 4.98 Å². The largest absolute Gasteiger partial charge is 0.398 e. The number of nitrogens with two attached hydrogens (primary N) is 1. The highest BCUT2D eigenvalue weighted by atomic mass is 79.9. The quantitative estimate of drug-likeness (QED) is 0.827. The van der Waals surface area contributed by atoms with Gasteiger partial charge in [0.2, 0.25) is 0 Å². The number of anilines is 1. The Hall–Kier alpha value is -1.16. The van der Waals surface area contributed by atoms with Crippen molar-refractivity contribution in [2.75, 3.05) is 5.73 Å². The summed E-state index contributed by atoms with van der Waals surface area (Å²) in [5, 5.41) is 0.694.